The van der Waals surface area contributed by atoms with Crippen LogP contribution in [-0.2, 0) is 20.8 Å². The maximum Gasteiger partial charge on any atom is 0.243 e. The van der Waals surface area contributed by atoms with E-state index in [1.807, 2.05) is 30.3 Å². The molecule has 0 aliphatic heterocycles. The Morgan fingerprint density at radius 1 is 1.21 bits per heavy atom. The molecule has 1 rings (SSSR count). The lowest BCUT2D eigenvalue weighted by molar-refractivity contribution is -0.129. The van der Waals surface area contributed by atoms with Crippen LogP contribution >= 0.6 is 0 Å². The molecule has 0 heterocycles. The molecule has 0 fully saturated rings. The van der Waals surface area contributed by atoms with Gasteiger partial charge in [-0.05, 0) is 5.56 Å². The lowest BCUT2D eigenvalue weighted by Gasteiger charge is -2.17. The van der Waals surface area contributed by atoms with Crippen molar-refractivity contribution in [2.45, 2.75) is 19.4 Å². The Morgan fingerprint density at radius 3 is 2.37 bits per heavy atom. The molecule has 0 radical (unpaired) electrons. The summed E-state index contributed by atoms with van der Waals surface area (Å²) in [7, 11) is 0. The number of hydrogen-bond acceptors (Lipinski definition) is 3. The first-order valence-electron chi connectivity index (χ1n) is 5.86. The molecule has 0 saturated carbocycles. The highest BCUT2D eigenvalue weighted by Crippen LogP contribution is 2.03. The van der Waals surface area contributed by atoms with Crippen LogP contribution in [-0.4, -0.2) is 30.3 Å². The molecule has 0 aromatic heterocycles. The third-order valence-electron chi connectivity index (χ3n) is 2.41. The van der Waals surface area contributed by atoms with Crippen LogP contribution in [0, 0.1) is 0 Å². The van der Waals surface area contributed by atoms with E-state index in [9.17, 15) is 14.4 Å². The Balaban J connectivity index is 2.68. The van der Waals surface area contributed by atoms with E-state index in [2.05, 4.69) is 10.6 Å². The van der Waals surface area contributed by atoms with Crippen molar-refractivity contribution < 1.29 is 14.4 Å². The molecule has 4 N–H and O–H groups in total. The smallest absolute Gasteiger partial charge is 0.243 e. The van der Waals surface area contributed by atoms with Gasteiger partial charge in [0.05, 0.1) is 6.54 Å². The summed E-state index contributed by atoms with van der Waals surface area (Å²) in [6.45, 7) is 1.09. The number of benzene rings is 1. The zero-order valence-corrected chi connectivity index (χ0v) is 10.7. The molecule has 6 nitrogen and oxygen atoms in total. The maximum absolute atomic E-state index is 11.9. The summed E-state index contributed by atoms with van der Waals surface area (Å²) in [6.07, 6.45) is 0.352. The molecular weight excluding hydrogens is 246 g/mol. The molecule has 0 aliphatic rings. The van der Waals surface area contributed by atoms with Crippen LogP contribution in [0.2, 0.25) is 0 Å². The summed E-state index contributed by atoms with van der Waals surface area (Å²) >= 11 is 0. The van der Waals surface area contributed by atoms with Gasteiger partial charge < -0.3 is 16.4 Å². The second kappa shape index (κ2) is 7.15. The van der Waals surface area contributed by atoms with Crippen molar-refractivity contribution in [3.8, 4) is 0 Å². The van der Waals surface area contributed by atoms with Gasteiger partial charge in [-0.3, -0.25) is 14.4 Å². The van der Waals surface area contributed by atoms with Crippen molar-refractivity contribution in [1.29, 1.82) is 0 Å². The minimum absolute atomic E-state index is 0.246. The lowest BCUT2D eigenvalue weighted by Crippen LogP contribution is -2.49. The van der Waals surface area contributed by atoms with Gasteiger partial charge in [-0.1, -0.05) is 30.3 Å². The number of amides is 3. The first kappa shape index (κ1) is 14.7. The van der Waals surface area contributed by atoms with Crippen LogP contribution in [0.5, 0.6) is 0 Å². The van der Waals surface area contributed by atoms with Gasteiger partial charge in [-0.15, -0.1) is 0 Å². The van der Waals surface area contributed by atoms with Gasteiger partial charge in [0.1, 0.15) is 6.04 Å². The third kappa shape index (κ3) is 5.67. The molecule has 1 aromatic rings. The van der Waals surface area contributed by atoms with Crippen LogP contribution < -0.4 is 16.4 Å². The van der Waals surface area contributed by atoms with E-state index in [4.69, 9.17) is 5.73 Å². The fraction of sp³-hybridized carbons (Fsp3) is 0.308. The summed E-state index contributed by atoms with van der Waals surface area (Å²) in [5.74, 6) is -1.37. The second-order valence-corrected chi connectivity index (χ2v) is 4.13. The van der Waals surface area contributed by atoms with Crippen LogP contribution in [0.3, 0.4) is 0 Å². The Labute approximate surface area is 111 Å². The number of nitrogens with one attached hydrogen (secondary N) is 2. The van der Waals surface area contributed by atoms with Gasteiger partial charge in [0.15, 0.2) is 0 Å². The SMILES string of the molecule is CC(=O)N[C@@H](Cc1ccccc1)C(=O)NCC(N)=O. The maximum atomic E-state index is 11.9. The normalized spacial score (nSPS) is 11.4. The molecule has 6 heteroatoms. The topological polar surface area (TPSA) is 101 Å². The lowest BCUT2D eigenvalue weighted by atomic mass is 10.1. The molecule has 0 saturated heterocycles. The summed E-state index contributed by atoms with van der Waals surface area (Å²) in [6, 6.07) is 8.55. The third-order valence-corrected chi connectivity index (χ3v) is 2.41. The second-order valence-electron chi connectivity index (χ2n) is 4.13. The zero-order chi connectivity index (χ0) is 14.3. The predicted molar refractivity (Wildman–Crippen MR) is 70.0 cm³/mol. The highest BCUT2D eigenvalue weighted by Gasteiger charge is 2.19. The molecule has 1 aromatic carbocycles. The van der Waals surface area contributed by atoms with E-state index < -0.39 is 17.9 Å². The quantitative estimate of drug-likeness (QED) is 0.634. The summed E-state index contributed by atoms with van der Waals surface area (Å²) in [4.78, 5) is 33.6. The zero-order valence-electron chi connectivity index (χ0n) is 10.7. The largest absolute Gasteiger partial charge is 0.368 e. The summed E-state index contributed by atoms with van der Waals surface area (Å²) < 4.78 is 0. The Hall–Kier alpha value is -2.37. The minimum atomic E-state index is -0.723. The van der Waals surface area contributed by atoms with Gasteiger partial charge in [0.2, 0.25) is 17.7 Å². The van der Waals surface area contributed by atoms with Gasteiger partial charge in [-0.25, -0.2) is 0 Å². The molecule has 0 unspecified atom stereocenters. The van der Waals surface area contributed by atoms with E-state index in [-0.39, 0.29) is 12.5 Å². The van der Waals surface area contributed by atoms with Crippen molar-refractivity contribution in [2.75, 3.05) is 6.54 Å². The fourth-order valence-electron chi connectivity index (χ4n) is 1.60. The van der Waals surface area contributed by atoms with Crippen LogP contribution in [0.1, 0.15) is 12.5 Å². The predicted octanol–water partition coefficient (Wildman–Crippen LogP) is -0.665. The minimum Gasteiger partial charge on any atom is -0.368 e. The molecule has 1 atom stereocenters. The average Bonchev–Trinajstić information content (AvgIpc) is 2.36. The molecule has 0 aliphatic carbocycles. The van der Waals surface area contributed by atoms with E-state index in [1.165, 1.54) is 6.92 Å². The van der Waals surface area contributed by atoms with E-state index in [0.717, 1.165) is 5.56 Å². The van der Waals surface area contributed by atoms with E-state index >= 15 is 0 Å². The molecule has 0 bridgehead atoms. The first-order valence-corrected chi connectivity index (χ1v) is 5.86. The number of carbonyl (C=O) groups excluding carboxylic acids is 3. The number of nitrogens with two attached hydrogens (primary N) is 1. The van der Waals surface area contributed by atoms with Gasteiger partial charge in [-0.2, -0.15) is 0 Å². The Kier molecular flexibility index (Phi) is 5.53. The highest BCUT2D eigenvalue weighted by molar-refractivity contribution is 5.89. The van der Waals surface area contributed by atoms with Crippen LogP contribution in [0.25, 0.3) is 0 Å². The van der Waals surface area contributed by atoms with E-state index in [0.29, 0.717) is 6.42 Å². The standard InChI is InChI=1S/C13H17N3O3/c1-9(17)16-11(13(19)15-8-12(14)18)7-10-5-3-2-4-6-10/h2-6,11H,7-8H2,1H3,(H2,14,18)(H,15,19)(H,16,17)/t11-/m0/s1. The van der Waals surface area contributed by atoms with Crippen molar-refractivity contribution in [1.82, 2.24) is 10.6 Å². The highest BCUT2D eigenvalue weighted by atomic mass is 16.2. The number of carbonyl (C=O) groups is 3. The monoisotopic (exact) mass is 263 g/mol. The van der Waals surface area contributed by atoms with Crippen LogP contribution in [0.15, 0.2) is 30.3 Å². The molecule has 19 heavy (non-hydrogen) atoms. The van der Waals surface area contributed by atoms with Crippen molar-refractivity contribution >= 4 is 17.7 Å². The number of rotatable bonds is 6. The number of primary amides is 1. The Morgan fingerprint density at radius 2 is 1.84 bits per heavy atom. The van der Waals surface area contributed by atoms with Crippen molar-refractivity contribution in [3.63, 3.8) is 0 Å². The first-order chi connectivity index (χ1) is 8.99. The molecule has 3 amide bonds. The summed E-state index contributed by atoms with van der Waals surface area (Å²) in [5, 5.41) is 4.93. The molecular formula is C13H17N3O3. The van der Waals surface area contributed by atoms with Crippen LogP contribution in [0.4, 0.5) is 0 Å². The fourth-order valence-corrected chi connectivity index (χ4v) is 1.60. The number of hydrogen-bond donors (Lipinski definition) is 3. The Bertz CT molecular complexity index is 459. The summed E-state index contributed by atoms with van der Waals surface area (Å²) in [5.41, 5.74) is 5.87. The van der Waals surface area contributed by atoms with Crippen molar-refractivity contribution in [2.24, 2.45) is 5.73 Å². The average molecular weight is 263 g/mol. The van der Waals surface area contributed by atoms with E-state index in [1.54, 1.807) is 0 Å². The van der Waals surface area contributed by atoms with Crippen molar-refractivity contribution in [3.05, 3.63) is 35.9 Å². The van der Waals surface area contributed by atoms with Gasteiger partial charge >= 0.3 is 0 Å². The molecule has 102 valence electrons. The van der Waals surface area contributed by atoms with Gasteiger partial charge in [0, 0.05) is 13.3 Å². The molecule has 0 spiro atoms. The van der Waals surface area contributed by atoms with Gasteiger partial charge in [0.25, 0.3) is 0 Å².